The summed E-state index contributed by atoms with van der Waals surface area (Å²) in [6.07, 6.45) is 1.95. The van der Waals surface area contributed by atoms with Crippen LogP contribution in [-0.2, 0) is 11.2 Å². The molecule has 0 bridgehead atoms. The lowest BCUT2D eigenvalue weighted by molar-refractivity contribution is -0.0247. The summed E-state index contributed by atoms with van der Waals surface area (Å²) >= 11 is 0. The van der Waals surface area contributed by atoms with Gasteiger partial charge in [0.15, 0.2) is 0 Å². The summed E-state index contributed by atoms with van der Waals surface area (Å²) in [5.74, 6) is -0.0104. The third-order valence-corrected chi connectivity index (χ3v) is 4.84. The first-order chi connectivity index (χ1) is 12.8. The van der Waals surface area contributed by atoms with Gasteiger partial charge in [-0.25, -0.2) is 4.98 Å². The molecule has 1 saturated heterocycles. The number of nitrogens with zero attached hydrogens (tertiary/aromatic N) is 2. The molecule has 26 heavy (non-hydrogen) atoms. The Kier molecular flexibility index (Phi) is 4.93. The number of benzene rings is 2. The number of ether oxygens (including phenoxy) is 1. The van der Waals surface area contributed by atoms with Crippen molar-refractivity contribution in [1.29, 1.82) is 0 Å². The molecule has 1 fully saturated rings. The van der Waals surface area contributed by atoms with Crippen LogP contribution in [0.2, 0.25) is 0 Å². The Labute approximate surface area is 153 Å². The number of rotatable bonds is 4. The number of para-hydroxylation sites is 1. The molecule has 0 saturated carbocycles. The Bertz CT molecular complexity index is 895. The number of morpholine rings is 1. The second-order valence-corrected chi connectivity index (χ2v) is 6.66. The Morgan fingerprint density at radius 2 is 1.85 bits per heavy atom. The van der Waals surface area contributed by atoms with Crippen molar-refractivity contribution in [3.8, 4) is 0 Å². The highest BCUT2D eigenvalue weighted by molar-refractivity contribution is 5.95. The molecule has 1 unspecified atom stereocenters. The van der Waals surface area contributed by atoms with Crippen LogP contribution in [0.1, 0.15) is 22.5 Å². The molecule has 4 heteroatoms. The Morgan fingerprint density at radius 1 is 1.04 bits per heavy atom. The Balaban J connectivity index is 1.42. The number of aromatic nitrogens is 1. The molecule has 0 aliphatic carbocycles. The van der Waals surface area contributed by atoms with Crippen molar-refractivity contribution < 1.29 is 9.53 Å². The third-order valence-electron chi connectivity index (χ3n) is 4.84. The van der Waals surface area contributed by atoms with Crippen LogP contribution in [0.25, 0.3) is 10.9 Å². The van der Waals surface area contributed by atoms with E-state index in [9.17, 15) is 4.79 Å². The van der Waals surface area contributed by atoms with Gasteiger partial charge in [-0.2, -0.15) is 0 Å². The van der Waals surface area contributed by atoms with Crippen LogP contribution in [0.4, 0.5) is 0 Å². The number of fused-ring (bicyclic) bond motifs is 1. The third kappa shape index (κ3) is 3.75. The predicted octanol–water partition coefficient (Wildman–Crippen LogP) is 3.71. The van der Waals surface area contributed by atoms with Crippen molar-refractivity contribution in [3.63, 3.8) is 0 Å². The van der Waals surface area contributed by atoms with Crippen LogP contribution in [0, 0.1) is 0 Å². The van der Waals surface area contributed by atoms with E-state index in [1.807, 2.05) is 47.4 Å². The Morgan fingerprint density at radius 3 is 2.73 bits per heavy atom. The van der Waals surface area contributed by atoms with Crippen molar-refractivity contribution in [1.82, 2.24) is 9.88 Å². The van der Waals surface area contributed by atoms with Crippen molar-refractivity contribution in [2.45, 2.75) is 18.9 Å². The molecule has 1 atom stereocenters. The summed E-state index contributed by atoms with van der Waals surface area (Å²) in [6, 6.07) is 22.0. The maximum Gasteiger partial charge on any atom is 0.272 e. The van der Waals surface area contributed by atoms with Crippen LogP contribution < -0.4 is 0 Å². The van der Waals surface area contributed by atoms with E-state index in [0.29, 0.717) is 25.4 Å². The maximum absolute atomic E-state index is 12.9. The molecule has 0 radical (unpaired) electrons. The lowest BCUT2D eigenvalue weighted by Gasteiger charge is -2.33. The number of hydrogen-bond donors (Lipinski definition) is 0. The normalized spacial score (nSPS) is 17.4. The van der Waals surface area contributed by atoms with Crippen LogP contribution in [-0.4, -0.2) is 41.6 Å². The van der Waals surface area contributed by atoms with E-state index >= 15 is 0 Å². The second kappa shape index (κ2) is 7.67. The summed E-state index contributed by atoms with van der Waals surface area (Å²) < 4.78 is 5.87. The molecule has 3 aromatic rings. The smallest absolute Gasteiger partial charge is 0.272 e. The quantitative estimate of drug-likeness (QED) is 0.723. The summed E-state index contributed by atoms with van der Waals surface area (Å²) in [5, 5.41) is 1.05. The molecule has 132 valence electrons. The van der Waals surface area contributed by atoms with Gasteiger partial charge in [-0.05, 0) is 30.5 Å². The molecule has 2 heterocycles. The summed E-state index contributed by atoms with van der Waals surface area (Å²) in [4.78, 5) is 19.3. The lowest BCUT2D eigenvalue weighted by atomic mass is 10.1. The van der Waals surface area contributed by atoms with E-state index < -0.39 is 0 Å². The van der Waals surface area contributed by atoms with Crippen LogP contribution in [0.3, 0.4) is 0 Å². The van der Waals surface area contributed by atoms with E-state index in [1.165, 1.54) is 5.56 Å². The molecule has 2 aromatic carbocycles. The first-order valence-corrected chi connectivity index (χ1v) is 9.10. The van der Waals surface area contributed by atoms with E-state index in [4.69, 9.17) is 4.74 Å². The van der Waals surface area contributed by atoms with Crippen LogP contribution in [0.5, 0.6) is 0 Å². The number of carbonyl (C=O) groups is 1. The predicted molar refractivity (Wildman–Crippen MR) is 102 cm³/mol. The van der Waals surface area contributed by atoms with Gasteiger partial charge in [-0.1, -0.05) is 54.6 Å². The van der Waals surface area contributed by atoms with Crippen LogP contribution in [0.15, 0.2) is 66.7 Å². The molecular formula is C22H22N2O2. The number of aryl methyl sites for hydroxylation is 1. The van der Waals surface area contributed by atoms with E-state index in [1.54, 1.807) is 0 Å². The van der Waals surface area contributed by atoms with Gasteiger partial charge in [0.2, 0.25) is 0 Å². The fourth-order valence-corrected chi connectivity index (χ4v) is 3.40. The number of hydrogen-bond acceptors (Lipinski definition) is 3. The zero-order chi connectivity index (χ0) is 17.8. The number of pyridine rings is 1. The van der Waals surface area contributed by atoms with E-state index in [-0.39, 0.29) is 12.0 Å². The highest BCUT2D eigenvalue weighted by Gasteiger charge is 2.25. The van der Waals surface area contributed by atoms with Gasteiger partial charge in [0.1, 0.15) is 5.69 Å². The van der Waals surface area contributed by atoms with Gasteiger partial charge in [0.05, 0.1) is 18.2 Å². The standard InChI is InChI=1S/C22H22N2O2/c25-22(21-13-11-18-8-4-5-9-20(18)23-21)24-14-15-26-19(16-24)12-10-17-6-2-1-3-7-17/h1-9,11,13,19H,10,12,14-16H2. The second-order valence-electron chi connectivity index (χ2n) is 6.66. The van der Waals surface area contributed by atoms with Crippen molar-refractivity contribution in [2.24, 2.45) is 0 Å². The number of amides is 1. The topological polar surface area (TPSA) is 42.4 Å². The minimum atomic E-state index is -0.0104. The molecule has 0 N–H and O–H groups in total. The molecule has 1 amide bonds. The minimum Gasteiger partial charge on any atom is -0.375 e. The average Bonchev–Trinajstić information content (AvgIpc) is 2.72. The van der Waals surface area contributed by atoms with Gasteiger partial charge in [-0.15, -0.1) is 0 Å². The maximum atomic E-state index is 12.9. The van der Waals surface area contributed by atoms with E-state index in [0.717, 1.165) is 23.7 Å². The fraction of sp³-hybridized carbons (Fsp3) is 0.273. The van der Waals surface area contributed by atoms with Crippen molar-refractivity contribution in [3.05, 3.63) is 78.0 Å². The molecule has 1 aliphatic heterocycles. The molecule has 4 nitrogen and oxygen atoms in total. The first-order valence-electron chi connectivity index (χ1n) is 9.10. The van der Waals surface area contributed by atoms with Gasteiger partial charge in [0.25, 0.3) is 5.91 Å². The molecule has 0 spiro atoms. The zero-order valence-electron chi connectivity index (χ0n) is 14.7. The van der Waals surface area contributed by atoms with Gasteiger partial charge in [0, 0.05) is 18.5 Å². The monoisotopic (exact) mass is 346 g/mol. The van der Waals surface area contributed by atoms with Crippen molar-refractivity contribution in [2.75, 3.05) is 19.7 Å². The largest absolute Gasteiger partial charge is 0.375 e. The van der Waals surface area contributed by atoms with E-state index in [2.05, 4.69) is 29.2 Å². The lowest BCUT2D eigenvalue weighted by Crippen LogP contribution is -2.46. The average molecular weight is 346 g/mol. The van der Waals surface area contributed by atoms with Gasteiger partial charge >= 0.3 is 0 Å². The minimum absolute atomic E-state index is 0.0104. The molecule has 1 aliphatic rings. The highest BCUT2D eigenvalue weighted by Crippen LogP contribution is 2.17. The molecule has 4 rings (SSSR count). The molecule has 1 aromatic heterocycles. The first kappa shape index (κ1) is 16.7. The SMILES string of the molecule is O=C(c1ccc2ccccc2n1)N1CCOC(CCc2ccccc2)C1. The zero-order valence-corrected chi connectivity index (χ0v) is 14.7. The van der Waals surface area contributed by atoms with Crippen molar-refractivity contribution >= 4 is 16.8 Å². The Hall–Kier alpha value is -2.72. The van der Waals surface area contributed by atoms with Gasteiger partial charge in [-0.3, -0.25) is 4.79 Å². The van der Waals surface area contributed by atoms with Gasteiger partial charge < -0.3 is 9.64 Å². The highest BCUT2D eigenvalue weighted by atomic mass is 16.5. The number of carbonyl (C=O) groups excluding carboxylic acids is 1. The summed E-state index contributed by atoms with van der Waals surface area (Å²) in [5.41, 5.74) is 2.66. The fourth-order valence-electron chi connectivity index (χ4n) is 3.40. The summed E-state index contributed by atoms with van der Waals surface area (Å²) in [7, 11) is 0. The molecular weight excluding hydrogens is 324 g/mol. The summed E-state index contributed by atoms with van der Waals surface area (Å²) in [6.45, 7) is 1.83. The van der Waals surface area contributed by atoms with Crippen LogP contribution >= 0.6 is 0 Å².